The number of benzene rings is 2. The maximum Gasteiger partial charge on any atom is 0.282 e. The van der Waals surface area contributed by atoms with Crippen molar-refractivity contribution >= 4 is 5.91 Å². The minimum absolute atomic E-state index is 0.109. The zero-order valence-corrected chi connectivity index (χ0v) is 18.5. The number of amides is 1. The van der Waals surface area contributed by atoms with Gasteiger partial charge in [-0.25, -0.2) is 8.78 Å². The zero-order valence-electron chi connectivity index (χ0n) is 18.5. The maximum absolute atomic E-state index is 13.5. The van der Waals surface area contributed by atoms with Gasteiger partial charge < -0.3 is 5.32 Å². The molecule has 6 nitrogen and oxygen atoms in total. The number of aryl methyl sites for hydroxylation is 2. The van der Waals surface area contributed by atoms with Crippen LogP contribution in [0.4, 0.5) is 8.78 Å². The van der Waals surface area contributed by atoms with Gasteiger partial charge in [0.05, 0.1) is 24.8 Å². The van der Waals surface area contributed by atoms with Gasteiger partial charge in [-0.2, -0.15) is 10.2 Å². The fourth-order valence-electron chi connectivity index (χ4n) is 3.51. The van der Waals surface area contributed by atoms with E-state index < -0.39 is 18.0 Å². The summed E-state index contributed by atoms with van der Waals surface area (Å²) in [5, 5.41) is 11.0. The molecule has 8 heteroatoms. The van der Waals surface area contributed by atoms with Crippen LogP contribution in [0.5, 0.6) is 0 Å². The van der Waals surface area contributed by atoms with Crippen molar-refractivity contribution in [3.05, 3.63) is 106 Å². The van der Waals surface area contributed by atoms with Crippen molar-refractivity contribution < 1.29 is 13.6 Å². The molecule has 0 fully saturated rings. The van der Waals surface area contributed by atoms with Gasteiger partial charge in [-0.3, -0.25) is 14.2 Å². The van der Waals surface area contributed by atoms with E-state index in [0.717, 1.165) is 27.8 Å². The number of carbonyl (C=O) groups excluding carboxylic acids is 1. The number of nitrogens with zero attached hydrogens (tertiary/aromatic N) is 4. The molecule has 170 valence electrons. The SMILES string of the molecule is Cc1ccc(CNC(=O)c2cn(Cc3ccc(Cn4cc(C)cn4)cc3)nc2C(F)F)cc1. The first kappa shape index (κ1) is 22.4. The second-order valence-corrected chi connectivity index (χ2v) is 8.13. The third kappa shape index (κ3) is 5.71. The van der Waals surface area contributed by atoms with Crippen LogP contribution in [0, 0.1) is 13.8 Å². The minimum Gasteiger partial charge on any atom is -0.348 e. The van der Waals surface area contributed by atoms with E-state index in [1.165, 1.54) is 10.9 Å². The Morgan fingerprint density at radius 3 is 2.06 bits per heavy atom. The van der Waals surface area contributed by atoms with Crippen LogP contribution in [-0.4, -0.2) is 25.5 Å². The van der Waals surface area contributed by atoms with Crippen LogP contribution in [0.25, 0.3) is 0 Å². The molecular formula is C25H25F2N5O. The van der Waals surface area contributed by atoms with Crippen molar-refractivity contribution in [1.29, 1.82) is 0 Å². The highest BCUT2D eigenvalue weighted by molar-refractivity contribution is 5.95. The number of nitrogens with one attached hydrogen (secondary N) is 1. The summed E-state index contributed by atoms with van der Waals surface area (Å²) in [6.07, 6.45) is 2.31. The molecule has 0 aliphatic carbocycles. The Balaban J connectivity index is 1.43. The van der Waals surface area contributed by atoms with Gasteiger partial charge in [0, 0.05) is 18.9 Å². The van der Waals surface area contributed by atoms with E-state index in [1.54, 1.807) is 6.20 Å². The molecule has 0 radical (unpaired) electrons. The predicted molar refractivity (Wildman–Crippen MR) is 121 cm³/mol. The average molecular weight is 450 g/mol. The van der Waals surface area contributed by atoms with Crippen LogP contribution in [0.1, 0.15) is 50.3 Å². The van der Waals surface area contributed by atoms with E-state index in [1.807, 2.05) is 73.3 Å². The molecule has 4 rings (SSSR count). The summed E-state index contributed by atoms with van der Waals surface area (Å²) < 4.78 is 30.3. The van der Waals surface area contributed by atoms with Crippen molar-refractivity contribution in [3.63, 3.8) is 0 Å². The Bertz CT molecular complexity index is 1230. The molecule has 0 unspecified atom stereocenters. The lowest BCUT2D eigenvalue weighted by atomic mass is 10.1. The van der Waals surface area contributed by atoms with Crippen LogP contribution in [-0.2, 0) is 19.6 Å². The fraction of sp³-hybridized carbons (Fsp3) is 0.240. The van der Waals surface area contributed by atoms with Gasteiger partial charge in [-0.05, 0) is 36.1 Å². The summed E-state index contributed by atoms with van der Waals surface area (Å²) in [5.41, 5.74) is 4.45. The minimum atomic E-state index is -2.84. The number of hydrogen-bond donors (Lipinski definition) is 1. The molecule has 2 aromatic carbocycles. The first-order chi connectivity index (χ1) is 15.9. The summed E-state index contributed by atoms with van der Waals surface area (Å²) in [6.45, 7) is 5.15. The summed E-state index contributed by atoms with van der Waals surface area (Å²) >= 11 is 0. The van der Waals surface area contributed by atoms with Crippen LogP contribution in [0.2, 0.25) is 0 Å². The molecule has 0 aliphatic rings. The number of hydrogen-bond acceptors (Lipinski definition) is 3. The monoisotopic (exact) mass is 449 g/mol. The third-order valence-electron chi connectivity index (χ3n) is 5.29. The van der Waals surface area contributed by atoms with E-state index in [2.05, 4.69) is 15.5 Å². The summed E-state index contributed by atoms with van der Waals surface area (Å²) in [7, 11) is 0. The first-order valence-corrected chi connectivity index (χ1v) is 10.6. The smallest absolute Gasteiger partial charge is 0.282 e. The molecule has 33 heavy (non-hydrogen) atoms. The van der Waals surface area contributed by atoms with Gasteiger partial charge in [0.25, 0.3) is 12.3 Å². The van der Waals surface area contributed by atoms with Crippen molar-refractivity contribution in [3.8, 4) is 0 Å². The van der Waals surface area contributed by atoms with Crippen molar-refractivity contribution in [2.45, 2.75) is 39.9 Å². The zero-order chi connectivity index (χ0) is 23.4. The normalized spacial score (nSPS) is 11.2. The molecule has 0 saturated heterocycles. The Morgan fingerprint density at radius 1 is 0.879 bits per heavy atom. The van der Waals surface area contributed by atoms with Crippen LogP contribution in [0.15, 0.2) is 67.1 Å². The van der Waals surface area contributed by atoms with Crippen molar-refractivity contribution in [2.75, 3.05) is 0 Å². The number of halogens is 2. The topological polar surface area (TPSA) is 64.7 Å². The van der Waals surface area contributed by atoms with Gasteiger partial charge in [0.2, 0.25) is 0 Å². The molecule has 0 atom stereocenters. The second kappa shape index (κ2) is 9.77. The number of alkyl halides is 2. The second-order valence-electron chi connectivity index (χ2n) is 8.13. The van der Waals surface area contributed by atoms with Crippen LogP contribution >= 0.6 is 0 Å². The van der Waals surface area contributed by atoms with Gasteiger partial charge >= 0.3 is 0 Å². The Labute approximate surface area is 190 Å². The highest BCUT2D eigenvalue weighted by Gasteiger charge is 2.23. The molecular weight excluding hydrogens is 424 g/mol. The fourth-order valence-corrected chi connectivity index (χ4v) is 3.51. The molecule has 0 aliphatic heterocycles. The largest absolute Gasteiger partial charge is 0.348 e. The average Bonchev–Trinajstić information content (AvgIpc) is 3.40. The lowest BCUT2D eigenvalue weighted by Gasteiger charge is -2.06. The van der Waals surface area contributed by atoms with E-state index in [9.17, 15) is 13.6 Å². The number of carbonyl (C=O) groups is 1. The van der Waals surface area contributed by atoms with Crippen molar-refractivity contribution in [2.24, 2.45) is 0 Å². The van der Waals surface area contributed by atoms with E-state index in [4.69, 9.17) is 0 Å². The van der Waals surface area contributed by atoms with E-state index in [-0.39, 0.29) is 18.7 Å². The lowest BCUT2D eigenvalue weighted by molar-refractivity contribution is 0.0936. The van der Waals surface area contributed by atoms with Gasteiger partial charge in [0.1, 0.15) is 5.69 Å². The lowest BCUT2D eigenvalue weighted by Crippen LogP contribution is -2.23. The molecule has 4 aromatic rings. The third-order valence-corrected chi connectivity index (χ3v) is 5.29. The van der Waals surface area contributed by atoms with Crippen molar-refractivity contribution in [1.82, 2.24) is 24.9 Å². The molecule has 1 N–H and O–H groups in total. The summed E-state index contributed by atoms with van der Waals surface area (Å²) in [4.78, 5) is 12.6. The molecule has 2 heterocycles. The predicted octanol–water partition coefficient (Wildman–Crippen LogP) is 4.66. The highest BCUT2D eigenvalue weighted by Crippen LogP contribution is 2.22. The molecule has 2 aromatic heterocycles. The van der Waals surface area contributed by atoms with Gasteiger partial charge in [-0.1, -0.05) is 54.1 Å². The van der Waals surface area contributed by atoms with Crippen LogP contribution < -0.4 is 5.32 Å². The Hall–Kier alpha value is -3.81. The maximum atomic E-state index is 13.5. The van der Waals surface area contributed by atoms with Gasteiger partial charge in [0.15, 0.2) is 0 Å². The Kier molecular flexibility index (Phi) is 6.63. The summed E-state index contributed by atoms with van der Waals surface area (Å²) in [5.74, 6) is -0.568. The molecule has 0 saturated carbocycles. The molecule has 0 bridgehead atoms. The van der Waals surface area contributed by atoms with E-state index in [0.29, 0.717) is 6.54 Å². The molecule has 1 amide bonds. The van der Waals surface area contributed by atoms with Crippen LogP contribution in [0.3, 0.4) is 0 Å². The summed E-state index contributed by atoms with van der Waals surface area (Å²) in [6, 6.07) is 15.4. The number of aromatic nitrogens is 4. The highest BCUT2D eigenvalue weighted by atomic mass is 19.3. The Morgan fingerprint density at radius 2 is 1.48 bits per heavy atom. The standard InChI is InChI=1S/C25H25F2N5O/c1-17-3-5-19(6-4-17)12-28-25(33)22-16-32(30-23(22)24(26)27)15-21-9-7-20(8-10-21)14-31-13-18(2)11-29-31/h3-11,13,16,24H,12,14-15H2,1-2H3,(H,28,33). The number of rotatable bonds is 8. The quantitative estimate of drug-likeness (QED) is 0.426. The first-order valence-electron chi connectivity index (χ1n) is 10.6. The van der Waals surface area contributed by atoms with E-state index >= 15 is 0 Å². The molecule has 0 spiro atoms. The van der Waals surface area contributed by atoms with Gasteiger partial charge in [-0.15, -0.1) is 0 Å².